The van der Waals surface area contributed by atoms with Gasteiger partial charge < -0.3 is 5.73 Å². The van der Waals surface area contributed by atoms with E-state index in [1.54, 1.807) is 18.2 Å². The van der Waals surface area contributed by atoms with E-state index in [0.29, 0.717) is 12.5 Å². The van der Waals surface area contributed by atoms with Crippen LogP contribution in [0.25, 0.3) is 0 Å². The van der Waals surface area contributed by atoms with E-state index in [2.05, 4.69) is 4.72 Å². The van der Waals surface area contributed by atoms with Gasteiger partial charge in [-0.1, -0.05) is 31.1 Å². The highest BCUT2D eigenvalue weighted by Crippen LogP contribution is 2.24. The van der Waals surface area contributed by atoms with E-state index < -0.39 is 10.0 Å². The third kappa shape index (κ3) is 3.56. The molecule has 0 aliphatic heterocycles. The third-order valence-corrected chi connectivity index (χ3v) is 5.45. The largest absolute Gasteiger partial charge is 0.389 e. The van der Waals surface area contributed by atoms with E-state index in [-0.39, 0.29) is 9.88 Å². The minimum absolute atomic E-state index is 0.271. The van der Waals surface area contributed by atoms with E-state index in [1.165, 1.54) is 12.8 Å². The van der Waals surface area contributed by atoms with E-state index in [9.17, 15) is 8.42 Å². The summed E-state index contributed by atoms with van der Waals surface area (Å²) in [6, 6.07) is 4.84. The number of aryl methyl sites for hydroxylation is 1. The number of thiocarbonyl (C=S) groups is 1. The molecule has 110 valence electrons. The lowest BCUT2D eigenvalue weighted by Crippen LogP contribution is -2.28. The van der Waals surface area contributed by atoms with E-state index in [1.807, 2.05) is 6.92 Å². The van der Waals surface area contributed by atoms with Crippen molar-refractivity contribution in [3.05, 3.63) is 29.3 Å². The number of nitrogens with two attached hydrogens (primary N) is 1. The van der Waals surface area contributed by atoms with Gasteiger partial charge in [-0.15, -0.1) is 0 Å². The first-order chi connectivity index (χ1) is 9.40. The Morgan fingerprint density at radius 1 is 1.40 bits per heavy atom. The van der Waals surface area contributed by atoms with Crippen molar-refractivity contribution in [2.75, 3.05) is 6.54 Å². The van der Waals surface area contributed by atoms with E-state index in [4.69, 9.17) is 18.0 Å². The van der Waals surface area contributed by atoms with Crippen molar-refractivity contribution in [1.29, 1.82) is 0 Å². The van der Waals surface area contributed by atoms with Gasteiger partial charge in [0.15, 0.2) is 0 Å². The van der Waals surface area contributed by atoms with Crippen LogP contribution in [-0.4, -0.2) is 20.0 Å². The summed E-state index contributed by atoms with van der Waals surface area (Å²) in [7, 11) is -3.45. The number of nitrogens with one attached hydrogen (secondary N) is 1. The van der Waals surface area contributed by atoms with Crippen molar-refractivity contribution in [2.45, 2.75) is 37.5 Å². The highest BCUT2D eigenvalue weighted by Gasteiger charge is 2.20. The molecular weight excluding hydrogens is 292 g/mol. The van der Waals surface area contributed by atoms with Gasteiger partial charge in [0.25, 0.3) is 0 Å². The van der Waals surface area contributed by atoms with Gasteiger partial charge in [0.1, 0.15) is 4.99 Å². The lowest BCUT2D eigenvalue weighted by Gasteiger charge is -2.12. The van der Waals surface area contributed by atoms with Crippen LogP contribution in [0.4, 0.5) is 0 Å². The number of benzene rings is 1. The monoisotopic (exact) mass is 312 g/mol. The highest BCUT2D eigenvalue weighted by atomic mass is 32.2. The first kappa shape index (κ1) is 15.4. The Hall–Kier alpha value is -0.980. The molecule has 1 fully saturated rings. The van der Waals surface area contributed by atoms with Crippen molar-refractivity contribution >= 4 is 27.2 Å². The van der Waals surface area contributed by atoms with Crippen LogP contribution in [0.2, 0.25) is 0 Å². The summed E-state index contributed by atoms with van der Waals surface area (Å²) in [6.07, 6.45) is 4.63. The van der Waals surface area contributed by atoms with Crippen molar-refractivity contribution in [3.8, 4) is 0 Å². The molecule has 0 spiro atoms. The Kier molecular flexibility index (Phi) is 4.78. The molecule has 1 aliphatic rings. The van der Waals surface area contributed by atoms with E-state index in [0.717, 1.165) is 24.0 Å². The molecule has 0 amide bonds. The predicted molar refractivity (Wildman–Crippen MR) is 84.2 cm³/mol. The van der Waals surface area contributed by atoms with Gasteiger partial charge in [0, 0.05) is 12.1 Å². The van der Waals surface area contributed by atoms with E-state index >= 15 is 0 Å². The Balaban J connectivity index is 2.12. The molecule has 6 heteroatoms. The number of rotatable bonds is 5. The zero-order valence-electron chi connectivity index (χ0n) is 11.6. The molecule has 20 heavy (non-hydrogen) atoms. The van der Waals surface area contributed by atoms with Crippen LogP contribution in [-0.2, 0) is 10.0 Å². The Morgan fingerprint density at radius 3 is 2.60 bits per heavy atom. The SMILES string of the molecule is Cc1cc(S(=O)(=O)NCC2CCCC2)ccc1C(N)=S. The molecule has 1 aliphatic carbocycles. The van der Waals surface area contributed by atoms with Gasteiger partial charge >= 0.3 is 0 Å². The number of hydrogen-bond acceptors (Lipinski definition) is 3. The maximum absolute atomic E-state index is 12.2. The molecule has 0 atom stereocenters. The summed E-state index contributed by atoms with van der Waals surface area (Å²) >= 11 is 4.92. The minimum atomic E-state index is -3.45. The second-order valence-electron chi connectivity index (χ2n) is 5.34. The second-order valence-corrected chi connectivity index (χ2v) is 7.55. The smallest absolute Gasteiger partial charge is 0.240 e. The first-order valence-electron chi connectivity index (χ1n) is 6.80. The quantitative estimate of drug-likeness (QED) is 0.817. The lowest BCUT2D eigenvalue weighted by molar-refractivity contribution is 0.519. The van der Waals surface area contributed by atoms with Gasteiger partial charge in [-0.25, -0.2) is 13.1 Å². The molecule has 3 N–H and O–H groups in total. The van der Waals surface area contributed by atoms with Crippen LogP contribution in [0.15, 0.2) is 23.1 Å². The lowest BCUT2D eigenvalue weighted by atomic mass is 10.1. The molecule has 0 heterocycles. The fourth-order valence-corrected chi connectivity index (χ4v) is 4.04. The van der Waals surface area contributed by atoms with Gasteiger partial charge in [-0.2, -0.15) is 0 Å². The second kappa shape index (κ2) is 6.20. The molecule has 0 bridgehead atoms. The summed E-state index contributed by atoms with van der Waals surface area (Å²) in [5.74, 6) is 0.474. The predicted octanol–water partition coefficient (Wildman–Crippen LogP) is 2.10. The molecule has 0 aromatic heterocycles. The Labute approximate surface area is 125 Å². The summed E-state index contributed by atoms with van der Waals surface area (Å²) in [5, 5.41) is 0. The van der Waals surface area contributed by atoms with Gasteiger partial charge in [0.05, 0.1) is 4.90 Å². The normalized spacial score (nSPS) is 16.4. The minimum Gasteiger partial charge on any atom is -0.389 e. The molecular formula is C14H20N2O2S2. The third-order valence-electron chi connectivity index (χ3n) is 3.81. The van der Waals surface area contributed by atoms with Crippen LogP contribution < -0.4 is 10.5 Å². The van der Waals surface area contributed by atoms with Crippen LogP contribution in [0.3, 0.4) is 0 Å². The zero-order valence-corrected chi connectivity index (χ0v) is 13.2. The molecule has 2 rings (SSSR count). The average molecular weight is 312 g/mol. The maximum Gasteiger partial charge on any atom is 0.240 e. The number of hydrogen-bond donors (Lipinski definition) is 2. The van der Waals surface area contributed by atoms with Crippen LogP contribution in [0.1, 0.15) is 36.8 Å². The number of sulfonamides is 1. The molecule has 0 unspecified atom stereocenters. The standard InChI is InChI=1S/C14H20N2O2S2/c1-10-8-12(6-7-13(10)14(15)19)20(17,18)16-9-11-4-2-3-5-11/h6-8,11,16H,2-5,9H2,1H3,(H2,15,19). The summed E-state index contributed by atoms with van der Waals surface area (Å²) in [5.41, 5.74) is 7.08. The molecule has 0 saturated heterocycles. The maximum atomic E-state index is 12.2. The zero-order chi connectivity index (χ0) is 14.8. The fraction of sp³-hybridized carbons (Fsp3) is 0.500. The van der Waals surface area contributed by atoms with Crippen molar-refractivity contribution in [1.82, 2.24) is 4.72 Å². The van der Waals surface area contributed by atoms with Crippen molar-refractivity contribution in [3.63, 3.8) is 0 Å². The average Bonchev–Trinajstić information content (AvgIpc) is 2.89. The highest BCUT2D eigenvalue weighted by molar-refractivity contribution is 7.89. The Morgan fingerprint density at radius 2 is 2.05 bits per heavy atom. The van der Waals surface area contributed by atoms with Gasteiger partial charge in [0.2, 0.25) is 10.0 Å². The van der Waals surface area contributed by atoms with Crippen LogP contribution in [0, 0.1) is 12.8 Å². The van der Waals surface area contributed by atoms with Crippen molar-refractivity contribution in [2.24, 2.45) is 11.7 Å². The van der Waals surface area contributed by atoms with Crippen LogP contribution >= 0.6 is 12.2 Å². The molecule has 0 radical (unpaired) electrons. The first-order valence-corrected chi connectivity index (χ1v) is 8.69. The van der Waals surface area contributed by atoms with Crippen molar-refractivity contribution < 1.29 is 8.42 Å². The summed E-state index contributed by atoms with van der Waals surface area (Å²) in [6.45, 7) is 2.34. The molecule has 4 nitrogen and oxygen atoms in total. The fourth-order valence-electron chi connectivity index (χ4n) is 2.61. The molecule has 1 aromatic rings. The van der Waals surface area contributed by atoms with Gasteiger partial charge in [-0.05, 0) is 43.4 Å². The Bertz CT molecular complexity index is 606. The van der Waals surface area contributed by atoms with Crippen LogP contribution in [0.5, 0.6) is 0 Å². The molecule has 1 saturated carbocycles. The van der Waals surface area contributed by atoms with Gasteiger partial charge in [-0.3, -0.25) is 0 Å². The topological polar surface area (TPSA) is 72.2 Å². The molecule has 1 aromatic carbocycles. The summed E-state index contributed by atoms with van der Waals surface area (Å²) < 4.78 is 27.2. The summed E-state index contributed by atoms with van der Waals surface area (Å²) in [4.78, 5) is 0.554.